The van der Waals surface area contributed by atoms with Gasteiger partial charge in [-0.2, -0.15) is 0 Å². The van der Waals surface area contributed by atoms with E-state index in [9.17, 15) is 35.1 Å². The lowest BCUT2D eigenvalue weighted by molar-refractivity contribution is -0.297. The molecule has 1 saturated heterocycles. The molecule has 7 atom stereocenters. The first-order valence-electron chi connectivity index (χ1n) is 21.4. The van der Waals surface area contributed by atoms with Crippen molar-refractivity contribution in [3.05, 3.63) is 0 Å². The highest BCUT2D eigenvalue weighted by atomic mass is 16.7. The lowest BCUT2D eigenvalue weighted by atomic mass is 9.91. The minimum Gasteiger partial charge on any atom is -0.477 e. The lowest BCUT2D eigenvalue weighted by Gasteiger charge is -2.43. The Bertz CT molecular complexity index is 881. The highest BCUT2D eigenvalue weighted by Crippen LogP contribution is 2.33. The van der Waals surface area contributed by atoms with Gasteiger partial charge in [0.15, 0.2) is 0 Å². The van der Waals surface area contributed by atoms with E-state index in [1.165, 1.54) is 103 Å². The fraction of sp³-hybridized carbons (Fsp3) is 0.951. The summed E-state index contributed by atoms with van der Waals surface area (Å²) in [6.07, 6.45) is 23.9. The highest BCUT2D eigenvalue weighted by Gasteiger charge is 2.51. The van der Waals surface area contributed by atoms with Crippen LogP contribution in [0.15, 0.2) is 0 Å². The van der Waals surface area contributed by atoms with Crippen LogP contribution in [0.3, 0.4) is 0 Å². The second-order valence-electron chi connectivity index (χ2n) is 15.5. The molecule has 2 unspecified atom stereocenters. The van der Waals surface area contributed by atoms with Gasteiger partial charge in [-0.25, -0.2) is 4.79 Å². The van der Waals surface area contributed by atoms with Gasteiger partial charge < -0.3 is 46.1 Å². The highest BCUT2D eigenvalue weighted by molar-refractivity contribution is 5.76. The van der Waals surface area contributed by atoms with Crippen molar-refractivity contribution in [1.82, 2.24) is 5.32 Å². The van der Waals surface area contributed by atoms with Crippen LogP contribution in [0.2, 0.25) is 0 Å². The molecule has 1 aliphatic rings. The third-order valence-electron chi connectivity index (χ3n) is 10.7. The number of hydrogen-bond donors (Lipinski definition) is 7. The predicted molar refractivity (Wildman–Crippen MR) is 207 cm³/mol. The number of rotatable bonds is 35. The summed E-state index contributed by atoms with van der Waals surface area (Å²) in [6, 6.07) is -1.66. The van der Waals surface area contributed by atoms with E-state index in [0.29, 0.717) is 12.8 Å². The Hall–Kier alpha value is -1.34. The van der Waals surface area contributed by atoms with Gasteiger partial charge in [-0.1, -0.05) is 162 Å². The van der Waals surface area contributed by atoms with Gasteiger partial charge >= 0.3 is 5.97 Å². The summed E-state index contributed by atoms with van der Waals surface area (Å²) in [5, 5.41) is 54.1. The zero-order valence-corrected chi connectivity index (χ0v) is 33.1. The number of aliphatic carboxylic acids is 1. The number of carboxylic acids is 1. The average molecular weight is 745 g/mol. The molecule has 0 aromatic heterocycles. The van der Waals surface area contributed by atoms with Crippen LogP contribution in [0.5, 0.6) is 0 Å². The van der Waals surface area contributed by atoms with E-state index in [1.807, 2.05) is 0 Å². The number of carboxylic acid groups (broad SMARTS) is 1. The van der Waals surface area contributed by atoms with Crippen LogP contribution < -0.4 is 11.1 Å². The number of carbonyl (C=O) groups is 2. The minimum atomic E-state index is -2.20. The third kappa shape index (κ3) is 21.5. The molecule has 0 aromatic carbocycles. The molecule has 1 rings (SSSR count). The Morgan fingerprint density at radius 2 is 1.17 bits per heavy atom. The van der Waals surface area contributed by atoms with Crippen LogP contribution in [-0.4, -0.2) is 92.9 Å². The molecule has 52 heavy (non-hydrogen) atoms. The standard InChI is InChI=1S/C41H80N2O9/c1-3-5-7-9-11-13-15-16-18-19-21-23-25-27-35(45)34(43-37(47)28-26-24-22-20-17-14-12-10-8-6-4-2)32-51-41(40(49)50)30-29-33(42)39(52-41)38(48)36(46)31-44/h33-36,38-39,44-46,48H,3-32,42H2,1-2H3,(H,43,47)(H,49,50)/t33-,34?,35?,36-,38+,39-,41-/m1/s1. The van der Waals surface area contributed by atoms with Crippen LogP contribution in [0.1, 0.15) is 194 Å². The van der Waals surface area contributed by atoms with Crippen molar-refractivity contribution in [2.75, 3.05) is 13.2 Å². The normalized spacial score (nSPS) is 21.4. The summed E-state index contributed by atoms with van der Waals surface area (Å²) in [5.74, 6) is -3.86. The quantitative estimate of drug-likeness (QED) is 0.0332. The molecule has 0 bridgehead atoms. The molecule has 0 spiro atoms. The Morgan fingerprint density at radius 1 is 0.731 bits per heavy atom. The number of nitrogens with two attached hydrogens (primary N) is 1. The number of amides is 1. The van der Waals surface area contributed by atoms with Gasteiger partial charge in [-0.05, 0) is 19.3 Å². The summed E-state index contributed by atoms with van der Waals surface area (Å²) in [5.41, 5.74) is 6.09. The molecule has 308 valence electrons. The van der Waals surface area contributed by atoms with Gasteiger partial charge in [-0.15, -0.1) is 0 Å². The van der Waals surface area contributed by atoms with Gasteiger partial charge in [0.25, 0.3) is 5.79 Å². The monoisotopic (exact) mass is 745 g/mol. The van der Waals surface area contributed by atoms with Crippen molar-refractivity contribution in [1.29, 1.82) is 0 Å². The molecule has 11 heteroatoms. The average Bonchev–Trinajstić information content (AvgIpc) is 3.13. The zero-order chi connectivity index (χ0) is 38.5. The molecule has 1 amide bonds. The fourth-order valence-corrected chi connectivity index (χ4v) is 7.14. The first kappa shape index (κ1) is 48.7. The van der Waals surface area contributed by atoms with E-state index in [4.69, 9.17) is 15.2 Å². The number of ether oxygens (including phenoxy) is 2. The predicted octanol–water partition coefficient (Wildman–Crippen LogP) is 7.03. The molecular weight excluding hydrogens is 664 g/mol. The maximum atomic E-state index is 13.0. The van der Waals surface area contributed by atoms with Gasteiger partial charge in [-0.3, -0.25) is 4.79 Å². The first-order valence-corrected chi connectivity index (χ1v) is 21.4. The maximum Gasteiger partial charge on any atom is 0.364 e. The lowest BCUT2D eigenvalue weighted by Crippen LogP contribution is -2.62. The molecular formula is C41H80N2O9. The van der Waals surface area contributed by atoms with Crippen molar-refractivity contribution in [2.45, 2.75) is 236 Å². The summed E-state index contributed by atoms with van der Waals surface area (Å²) in [6.45, 7) is 3.39. The topological polar surface area (TPSA) is 192 Å². The molecule has 0 radical (unpaired) electrons. The molecule has 0 aromatic rings. The third-order valence-corrected chi connectivity index (χ3v) is 10.7. The number of carbonyl (C=O) groups excluding carboxylic acids is 1. The van der Waals surface area contributed by atoms with E-state index in [-0.39, 0.29) is 25.4 Å². The van der Waals surface area contributed by atoms with Gasteiger partial charge in [0.1, 0.15) is 18.3 Å². The zero-order valence-electron chi connectivity index (χ0n) is 33.1. The van der Waals surface area contributed by atoms with Gasteiger partial charge in [0.05, 0.1) is 25.4 Å². The molecule has 0 saturated carbocycles. The second kappa shape index (κ2) is 30.9. The number of hydrogen-bond acceptors (Lipinski definition) is 9. The van der Waals surface area contributed by atoms with E-state index >= 15 is 0 Å². The fourth-order valence-electron chi connectivity index (χ4n) is 7.14. The molecule has 1 heterocycles. The smallest absolute Gasteiger partial charge is 0.364 e. The Labute approximate surface area is 316 Å². The van der Waals surface area contributed by atoms with Crippen LogP contribution >= 0.6 is 0 Å². The SMILES string of the molecule is CCCCCCCCCCCCCCCC(O)C(CO[C@]1(C(=O)O)CC[C@@H](N)[C@H]([C@@H](O)[C@H](O)CO)O1)NC(=O)CCCCCCCCCCCCC. The molecule has 11 nitrogen and oxygen atoms in total. The van der Waals surface area contributed by atoms with E-state index < -0.39 is 54.9 Å². The summed E-state index contributed by atoms with van der Waals surface area (Å²) in [4.78, 5) is 25.5. The van der Waals surface area contributed by atoms with Gasteiger partial charge in [0, 0.05) is 18.9 Å². The van der Waals surface area contributed by atoms with Gasteiger partial charge in [0.2, 0.25) is 5.91 Å². The van der Waals surface area contributed by atoms with E-state index in [0.717, 1.165) is 51.4 Å². The number of aliphatic hydroxyl groups is 4. The summed E-state index contributed by atoms with van der Waals surface area (Å²) >= 11 is 0. The largest absolute Gasteiger partial charge is 0.477 e. The van der Waals surface area contributed by atoms with Crippen molar-refractivity contribution < 1.29 is 44.6 Å². The van der Waals surface area contributed by atoms with Crippen molar-refractivity contribution in [2.24, 2.45) is 5.73 Å². The Morgan fingerprint density at radius 3 is 1.62 bits per heavy atom. The first-order chi connectivity index (χ1) is 25.1. The summed E-state index contributed by atoms with van der Waals surface area (Å²) < 4.78 is 11.6. The molecule has 1 aliphatic heterocycles. The maximum absolute atomic E-state index is 13.0. The number of aliphatic hydroxyl groups excluding tert-OH is 4. The second-order valence-corrected chi connectivity index (χ2v) is 15.5. The molecule has 8 N–H and O–H groups in total. The Balaban J connectivity index is 2.65. The van der Waals surface area contributed by atoms with Crippen LogP contribution in [-0.2, 0) is 19.1 Å². The van der Waals surface area contributed by atoms with Crippen LogP contribution in [0, 0.1) is 0 Å². The minimum absolute atomic E-state index is 0.115. The number of unbranched alkanes of at least 4 members (excludes halogenated alkanes) is 22. The van der Waals surface area contributed by atoms with Crippen molar-refractivity contribution >= 4 is 11.9 Å². The molecule has 0 aliphatic carbocycles. The van der Waals surface area contributed by atoms with E-state index in [1.54, 1.807) is 0 Å². The van der Waals surface area contributed by atoms with E-state index in [2.05, 4.69) is 19.2 Å². The Kier molecular flexibility index (Phi) is 29.0. The summed E-state index contributed by atoms with van der Waals surface area (Å²) in [7, 11) is 0. The van der Waals surface area contributed by atoms with Crippen LogP contribution in [0.4, 0.5) is 0 Å². The van der Waals surface area contributed by atoms with Crippen LogP contribution in [0.25, 0.3) is 0 Å². The molecule has 1 fully saturated rings. The van der Waals surface area contributed by atoms with Crippen molar-refractivity contribution in [3.63, 3.8) is 0 Å². The number of nitrogens with one attached hydrogen (secondary N) is 1. The van der Waals surface area contributed by atoms with Crippen molar-refractivity contribution in [3.8, 4) is 0 Å².